The molecule has 1 saturated heterocycles. The van der Waals surface area contributed by atoms with Crippen LogP contribution in [0.1, 0.15) is 17.4 Å². The van der Waals surface area contributed by atoms with Crippen LogP contribution >= 0.6 is 0 Å². The molecule has 7 heteroatoms. The molecular formula is C22H24N4O3. The molecule has 4 rings (SSSR count). The molecule has 0 bridgehead atoms. The Hall–Kier alpha value is -3.19. The zero-order valence-electron chi connectivity index (χ0n) is 16.7. The zero-order chi connectivity index (χ0) is 20.4. The molecule has 1 aliphatic rings. The van der Waals surface area contributed by atoms with Gasteiger partial charge in [0.1, 0.15) is 5.75 Å². The highest BCUT2D eigenvalue weighted by atomic mass is 16.5. The first-order valence-electron chi connectivity index (χ1n) is 9.80. The molecule has 0 saturated carbocycles. The van der Waals surface area contributed by atoms with Gasteiger partial charge in [0.2, 0.25) is 0 Å². The number of benzene rings is 2. The van der Waals surface area contributed by atoms with Gasteiger partial charge in [0.15, 0.2) is 5.69 Å². The first kappa shape index (κ1) is 19.1. The smallest absolute Gasteiger partial charge is 0.279 e. The van der Waals surface area contributed by atoms with Crippen LogP contribution in [-0.2, 0) is 0 Å². The van der Waals surface area contributed by atoms with Gasteiger partial charge in [0.05, 0.1) is 18.2 Å². The van der Waals surface area contributed by atoms with E-state index < -0.39 is 0 Å². The Labute approximate surface area is 169 Å². The summed E-state index contributed by atoms with van der Waals surface area (Å²) in [7, 11) is 1.59. The normalized spacial score (nSPS) is 14.9. The summed E-state index contributed by atoms with van der Waals surface area (Å²) in [5.74, 6) is 0.548. The highest BCUT2D eigenvalue weighted by Gasteiger charge is 2.25. The van der Waals surface area contributed by atoms with Gasteiger partial charge in [0, 0.05) is 31.6 Å². The Kier molecular flexibility index (Phi) is 5.31. The highest BCUT2D eigenvalue weighted by Crippen LogP contribution is 2.19. The van der Waals surface area contributed by atoms with Crippen LogP contribution in [0, 0.1) is 0 Å². The average molecular weight is 392 g/mol. The van der Waals surface area contributed by atoms with Gasteiger partial charge in [-0.2, -0.15) is 9.78 Å². The lowest BCUT2D eigenvalue weighted by molar-refractivity contribution is 0.0638. The predicted molar refractivity (Wildman–Crippen MR) is 112 cm³/mol. The average Bonchev–Trinajstić information content (AvgIpc) is 2.79. The number of hydrogen-bond acceptors (Lipinski definition) is 5. The van der Waals surface area contributed by atoms with Crippen molar-refractivity contribution < 1.29 is 9.53 Å². The summed E-state index contributed by atoms with van der Waals surface area (Å²) in [6, 6.07) is 14.2. The Morgan fingerprint density at radius 1 is 1.00 bits per heavy atom. The summed E-state index contributed by atoms with van der Waals surface area (Å²) in [6.07, 6.45) is 0. The second-order valence-corrected chi connectivity index (χ2v) is 7.04. The van der Waals surface area contributed by atoms with Crippen molar-refractivity contribution in [1.82, 2.24) is 19.6 Å². The lowest BCUT2D eigenvalue weighted by atomic mass is 10.1. The van der Waals surface area contributed by atoms with E-state index in [2.05, 4.69) is 16.9 Å². The zero-order valence-corrected chi connectivity index (χ0v) is 16.7. The van der Waals surface area contributed by atoms with E-state index in [0.717, 1.165) is 19.6 Å². The number of fused-ring (bicyclic) bond motifs is 1. The largest absolute Gasteiger partial charge is 0.497 e. The molecule has 2 aromatic carbocycles. The fourth-order valence-corrected chi connectivity index (χ4v) is 3.66. The van der Waals surface area contributed by atoms with Crippen molar-refractivity contribution in [3.63, 3.8) is 0 Å². The number of ether oxygens (including phenoxy) is 1. The molecule has 1 aliphatic heterocycles. The molecule has 1 aromatic heterocycles. The summed E-state index contributed by atoms with van der Waals surface area (Å²) >= 11 is 0. The molecule has 0 unspecified atom stereocenters. The number of carbonyl (C=O) groups is 1. The lowest BCUT2D eigenvalue weighted by Gasteiger charge is -2.34. The van der Waals surface area contributed by atoms with Crippen molar-refractivity contribution in [3.05, 3.63) is 64.6 Å². The topological polar surface area (TPSA) is 67.7 Å². The standard InChI is InChI=1S/C22H24N4O3/c1-3-24-12-14-25(15-13-24)22(28)20-18-6-4-5-7-19(18)21(27)26(23-20)16-8-10-17(29-2)11-9-16/h4-11H,3,12-15H2,1-2H3. The number of methoxy groups -OCH3 is 1. The first-order chi connectivity index (χ1) is 14.1. The van der Waals surface area contributed by atoms with E-state index in [-0.39, 0.29) is 11.5 Å². The van der Waals surface area contributed by atoms with Crippen molar-refractivity contribution in [1.29, 1.82) is 0 Å². The van der Waals surface area contributed by atoms with Gasteiger partial charge in [-0.05, 0) is 36.9 Å². The minimum absolute atomic E-state index is 0.140. The van der Waals surface area contributed by atoms with Crippen LogP contribution in [0.25, 0.3) is 16.5 Å². The van der Waals surface area contributed by atoms with Crippen LogP contribution in [0.3, 0.4) is 0 Å². The third-order valence-electron chi connectivity index (χ3n) is 5.43. The van der Waals surface area contributed by atoms with Crippen molar-refractivity contribution >= 4 is 16.7 Å². The molecule has 7 nitrogen and oxygen atoms in total. The van der Waals surface area contributed by atoms with Crippen LogP contribution in [-0.4, -0.2) is 65.3 Å². The van der Waals surface area contributed by atoms with Crippen molar-refractivity contribution in [2.45, 2.75) is 6.92 Å². The van der Waals surface area contributed by atoms with Crippen molar-refractivity contribution in [3.8, 4) is 11.4 Å². The summed E-state index contributed by atoms with van der Waals surface area (Å²) in [6.45, 7) is 6.11. The summed E-state index contributed by atoms with van der Waals surface area (Å²) in [4.78, 5) is 30.5. The molecule has 0 atom stereocenters. The SMILES string of the molecule is CCN1CCN(C(=O)c2nn(-c3ccc(OC)cc3)c(=O)c3ccccc23)CC1. The third-order valence-corrected chi connectivity index (χ3v) is 5.43. The molecule has 1 fully saturated rings. The maximum atomic E-state index is 13.3. The Morgan fingerprint density at radius 2 is 1.66 bits per heavy atom. The Bertz CT molecular complexity index is 1080. The maximum Gasteiger partial charge on any atom is 0.279 e. The lowest BCUT2D eigenvalue weighted by Crippen LogP contribution is -2.49. The van der Waals surface area contributed by atoms with Gasteiger partial charge in [-0.1, -0.05) is 25.1 Å². The number of nitrogens with zero attached hydrogens (tertiary/aromatic N) is 4. The Morgan fingerprint density at radius 3 is 2.28 bits per heavy atom. The van der Waals surface area contributed by atoms with E-state index >= 15 is 0 Å². The molecular weight excluding hydrogens is 368 g/mol. The predicted octanol–water partition coefficient (Wildman–Crippen LogP) is 2.17. The van der Waals surface area contributed by atoms with E-state index in [9.17, 15) is 9.59 Å². The van der Waals surface area contributed by atoms with Gasteiger partial charge in [0.25, 0.3) is 11.5 Å². The summed E-state index contributed by atoms with van der Waals surface area (Å²) < 4.78 is 6.50. The number of likely N-dealkylation sites (N-methyl/N-ethyl adjacent to an activating group) is 1. The fourth-order valence-electron chi connectivity index (χ4n) is 3.66. The first-order valence-corrected chi connectivity index (χ1v) is 9.80. The van der Waals surface area contributed by atoms with Crippen molar-refractivity contribution in [2.75, 3.05) is 39.8 Å². The molecule has 0 N–H and O–H groups in total. The number of carbonyl (C=O) groups excluding carboxylic acids is 1. The van der Waals surface area contributed by atoms with E-state index in [0.29, 0.717) is 41.0 Å². The molecule has 150 valence electrons. The molecule has 0 aliphatic carbocycles. The van der Waals surface area contributed by atoms with Gasteiger partial charge in [-0.15, -0.1) is 0 Å². The summed E-state index contributed by atoms with van der Waals surface area (Å²) in [5.41, 5.74) is 0.644. The van der Waals surface area contributed by atoms with Crippen LogP contribution in [0.2, 0.25) is 0 Å². The molecule has 0 radical (unpaired) electrons. The van der Waals surface area contributed by atoms with Crippen LogP contribution in [0.5, 0.6) is 5.75 Å². The second-order valence-electron chi connectivity index (χ2n) is 7.04. The third kappa shape index (κ3) is 3.61. The van der Waals surface area contributed by atoms with E-state index in [1.807, 2.05) is 11.0 Å². The van der Waals surface area contributed by atoms with Crippen LogP contribution in [0.4, 0.5) is 0 Å². The number of aromatic nitrogens is 2. The highest BCUT2D eigenvalue weighted by molar-refractivity contribution is 6.04. The molecule has 29 heavy (non-hydrogen) atoms. The van der Waals surface area contributed by atoms with Crippen molar-refractivity contribution in [2.24, 2.45) is 0 Å². The van der Waals surface area contributed by atoms with E-state index in [1.54, 1.807) is 49.6 Å². The van der Waals surface area contributed by atoms with Gasteiger partial charge >= 0.3 is 0 Å². The number of rotatable bonds is 4. The van der Waals surface area contributed by atoms with Gasteiger partial charge in [-0.25, -0.2) is 0 Å². The molecule has 0 spiro atoms. The van der Waals surface area contributed by atoms with Crippen LogP contribution in [0.15, 0.2) is 53.3 Å². The number of piperazine rings is 1. The quantitative estimate of drug-likeness (QED) is 0.681. The van der Waals surface area contributed by atoms with E-state index in [1.165, 1.54) is 4.68 Å². The monoisotopic (exact) mass is 392 g/mol. The fraction of sp³-hybridized carbons (Fsp3) is 0.318. The minimum Gasteiger partial charge on any atom is -0.497 e. The number of hydrogen-bond donors (Lipinski definition) is 0. The van der Waals surface area contributed by atoms with Crippen LogP contribution < -0.4 is 10.3 Å². The second kappa shape index (κ2) is 8.05. The summed E-state index contributed by atoms with van der Waals surface area (Å²) in [5, 5.41) is 5.57. The molecule has 3 aromatic rings. The number of amides is 1. The van der Waals surface area contributed by atoms with E-state index in [4.69, 9.17) is 4.74 Å². The molecule has 1 amide bonds. The minimum atomic E-state index is -0.252. The van der Waals surface area contributed by atoms with Gasteiger partial charge < -0.3 is 14.5 Å². The molecule has 2 heterocycles. The maximum absolute atomic E-state index is 13.3. The Balaban J connectivity index is 1.80. The van der Waals surface area contributed by atoms with Gasteiger partial charge in [-0.3, -0.25) is 9.59 Å².